The molecule has 2 N–H and O–H groups in total. The van der Waals surface area contributed by atoms with E-state index in [9.17, 15) is 9.90 Å². The monoisotopic (exact) mass is 462 g/mol. The van der Waals surface area contributed by atoms with Crippen molar-refractivity contribution in [1.29, 1.82) is 0 Å². The van der Waals surface area contributed by atoms with E-state index in [0.717, 1.165) is 37.9 Å². The van der Waals surface area contributed by atoms with Gasteiger partial charge in [-0.1, -0.05) is 41.8 Å². The third-order valence-electron chi connectivity index (χ3n) is 5.52. The number of hydrazone groups is 1. The molecule has 7 nitrogen and oxygen atoms in total. The van der Waals surface area contributed by atoms with E-state index >= 15 is 0 Å². The molecule has 2 aliphatic heterocycles. The Morgan fingerprint density at radius 2 is 1.84 bits per heavy atom. The van der Waals surface area contributed by atoms with Crippen molar-refractivity contribution in [3.63, 3.8) is 0 Å². The van der Waals surface area contributed by atoms with Crippen LogP contribution in [0.1, 0.15) is 30.9 Å². The summed E-state index contributed by atoms with van der Waals surface area (Å²) >= 11 is 12.5. The fraction of sp³-hybridized carbons (Fsp3) is 0.364. The van der Waals surface area contributed by atoms with E-state index < -0.39 is 18.1 Å². The molecule has 0 aliphatic carbocycles. The number of hydrazine groups is 1. The lowest BCUT2D eigenvalue weighted by Crippen LogP contribution is -2.49. The molecule has 1 fully saturated rings. The molecule has 4 rings (SSSR count). The molecule has 2 aromatic rings. The average molecular weight is 463 g/mol. The Labute approximate surface area is 191 Å². The van der Waals surface area contributed by atoms with Crippen LogP contribution in [0.2, 0.25) is 10.0 Å². The molecule has 0 saturated carbocycles. The van der Waals surface area contributed by atoms with Gasteiger partial charge < -0.3 is 9.84 Å². The number of hydrogen-bond donors (Lipinski definition) is 2. The van der Waals surface area contributed by atoms with Crippen LogP contribution in [0.25, 0.3) is 0 Å². The molecule has 2 heterocycles. The fourth-order valence-electron chi connectivity index (χ4n) is 3.90. The largest absolute Gasteiger partial charge is 0.497 e. The lowest BCUT2D eigenvalue weighted by atomic mass is 9.98. The van der Waals surface area contributed by atoms with Gasteiger partial charge in [-0.2, -0.15) is 5.10 Å². The molecule has 1 amide bonds. The number of aliphatic hydroxyl groups is 1. The number of benzene rings is 2. The Kier molecular flexibility index (Phi) is 6.67. The van der Waals surface area contributed by atoms with Crippen LogP contribution in [0, 0.1) is 0 Å². The maximum Gasteiger partial charge on any atom is 0.284 e. The molecule has 1 saturated heterocycles. The van der Waals surface area contributed by atoms with Crippen LogP contribution in [0.15, 0.2) is 47.6 Å². The number of methoxy groups -OCH3 is 1. The highest BCUT2D eigenvalue weighted by Gasteiger charge is 2.42. The van der Waals surface area contributed by atoms with E-state index in [2.05, 4.69) is 10.5 Å². The summed E-state index contributed by atoms with van der Waals surface area (Å²) in [5.74, 6) is 0.275. The van der Waals surface area contributed by atoms with Gasteiger partial charge in [0.25, 0.3) is 5.91 Å². The van der Waals surface area contributed by atoms with Gasteiger partial charge in [-0.3, -0.25) is 15.2 Å². The predicted molar refractivity (Wildman–Crippen MR) is 122 cm³/mol. The van der Waals surface area contributed by atoms with Gasteiger partial charge in [-0.25, -0.2) is 5.01 Å². The van der Waals surface area contributed by atoms with Crippen molar-refractivity contribution in [3.05, 3.63) is 58.1 Å². The van der Waals surface area contributed by atoms with E-state index in [1.54, 1.807) is 42.5 Å². The zero-order valence-corrected chi connectivity index (χ0v) is 18.6. The minimum atomic E-state index is -1.15. The van der Waals surface area contributed by atoms with Gasteiger partial charge in [0, 0.05) is 18.1 Å². The number of halogens is 2. The van der Waals surface area contributed by atoms with Gasteiger partial charge in [-0.05, 0) is 48.7 Å². The predicted octanol–water partition coefficient (Wildman–Crippen LogP) is 3.80. The number of carbonyl (C=O) groups excluding carboxylic acids is 1. The van der Waals surface area contributed by atoms with Crippen LogP contribution in [0.5, 0.6) is 5.75 Å². The zero-order valence-electron chi connectivity index (χ0n) is 17.1. The normalized spacial score (nSPS) is 21.7. The summed E-state index contributed by atoms with van der Waals surface area (Å²) in [6, 6.07) is 11.7. The first-order valence-corrected chi connectivity index (χ1v) is 10.9. The van der Waals surface area contributed by atoms with Crippen molar-refractivity contribution < 1.29 is 14.6 Å². The van der Waals surface area contributed by atoms with Gasteiger partial charge in [0.1, 0.15) is 17.9 Å². The van der Waals surface area contributed by atoms with Gasteiger partial charge >= 0.3 is 0 Å². The third kappa shape index (κ3) is 4.65. The van der Waals surface area contributed by atoms with Crippen molar-refractivity contribution in [1.82, 2.24) is 10.4 Å². The number of anilines is 1. The van der Waals surface area contributed by atoms with Crippen molar-refractivity contribution in [2.75, 3.05) is 25.2 Å². The number of aliphatic hydroxyl groups excluding tert-OH is 1. The number of nitrogens with zero attached hydrogens (tertiary/aromatic N) is 3. The Bertz CT molecular complexity index is 977. The lowest BCUT2D eigenvalue weighted by Gasteiger charge is -2.28. The van der Waals surface area contributed by atoms with Crippen molar-refractivity contribution >= 4 is 40.5 Å². The summed E-state index contributed by atoms with van der Waals surface area (Å²) in [6.45, 7) is 1.56. The number of hydrogen-bond acceptors (Lipinski definition) is 6. The number of carbonyl (C=O) groups is 1. The second kappa shape index (κ2) is 9.44. The Morgan fingerprint density at radius 1 is 1.13 bits per heavy atom. The summed E-state index contributed by atoms with van der Waals surface area (Å²) in [5.41, 5.74) is 4.23. The highest BCUT2D eigenvalue weighted by molar-refractivity contribution is 6.41. The Morgan fingerprint density at radius 3 is 2.48 bits per heavy atom. The maximum absolute atomic E-state index is 13.0. The van der Waals surface area contributed by atoms with Crippen LogP contribution in [0.4, 0.5) is 5.69 Å². The van der Waals surface area contributed by atoms with Crippen molar-refractivity contribution in [3.8, 4) is 5.75 Å². The smallest absolute Gasteiger partial charge is 0.284 e. The van der Waals surface area contributed by atoms with Gasteiger partial charge in [0.15, 0.2) is 5.71 Å². The number of rotatable bonds is 5. The molecule has 2 aromatic carbocycles. The first-order valence-electron chi connectivity index (χ1n) is 10.2. The molecule has 31 heavy (non-hydrogen) atoms. The van der Waals surface area contributed by atoms with Crippen LogP contribution < -0.4 is 15.2 Å². The summed E-state index contributed by atoms with van der Waals surface area (Å²) in [6.07, 6.45) is 2.05. The van der Waals surface area contributed by atoms with E-state index in [1.807, 2.05) is 17.1 Å². The van der Waals surface area contributed by atoms with Crippen LogP contribution in [0.3, 0.4) is 0 Å². The second-order valence-electron chi connectivity index (χ2n) is 7.58. The topological polar surface area (TPSA) is 77.4 Å². The average Bonchev–Trinajstić information content (AvgIpc) is 3.11. The van der Waals surface area contributed by atoms with E-state index in [4.69, 9.17) is 27.9 Å². The summed E-state index contributed by atoms with van der Waals surface area (Å²) in [4.78, 5) is 13.0. The van der Waals surface area contributed by atoms with Gasteiger partial charge in [-0.15, -0.1) is 0 Å². The fourth-order valence-corrected chi connectivity index (χ4v) is 4.40. The van der Waals surface area contributed by atoms with Crippen molar-refractivity contribution in [2.24, 2.45) is 5.10 Å². The minimum Gasteiger partial charge on any atom is -0.497 e. The van der Waals surface area contributed by atoms with E-state index in [-0.39, 0.29) is 5.71 Å². The minimum absolute atomic E-state index is 0.0393. The van der Waals surface area contributed by atoms with E-state index in [0.29, 0.717) is 21.5 Å². The Balaban J connectivity index is 1.67. The molecule has 0 aromatic heterocycles. The van der Waals surface area contributed by atoms with E-state index in [1.165, 1.54) is 0 Å². The standard InChI is InChI=1S/C22H24Cl2N4O3/c1-31-16-8-5-14(6-9-16)20-21(29)19(22(30)26-27-11-3-2-4-12-27)25-28(20)18-10-7-15(23)13-17(18)24/h5-10,13,20-21,29H,2-4,11-12H2,1H3,(H,26,30). The highest BCUT2D eigenvalue weighted by atomic mass is 35.5. The number of amides is 1. The van der Waals surface area contributed by atoms with Crippen molar-refractivity contribution in [2.45, 2.75) is 31.4 Å². The zero-order chi connectivity index (χ0) is 22.0. The molecule has 0 spiro atoms. The quantitative estimate of drug-likeness (QED) is 0.706. The summed E-state index contributed by atoms with van der Waals surface area (Å²) in [5, 5.41) is 20.0. The maximum atomic E-state index is 13.0. The first kappa shape index (κ1) is 21.9. The third-order valence-corrected chi connectivity index (χ3v) is 6.06. The molecule has 9 heteroatoms. The van der Waals surface area contributed by atoms with Crippen LogP contribution in [-0.2, 0) is 4.79 Å². The number of piperidine rings is 1. The molecule has 0 bridgehead atoms. The molecule has 2 aliphatic rings. The lowest BCUT2D eigenvalue weighted by molar-refractivity contribution is -0.120. The molecule has 2 atom stereocenters. The van der Waals surface area contributed by atoms with Crippen LogP contribution >= 0.6 is 23.2 Å². The summed E-state index contributed by atoms with van der Waals surface area (Å²) < 4.78 is 5.24. The molecule has 0 radical (unpaired) electrons. The van der Waals surface area contributed by atoms with Gasteiger partial charge in [0.2, 0.25) is 0 Å². The number of nitrogens with one attached hydrogen (secondary N) is 1. The van der Waals surface area contributed by atoms with Crippen LogP contribution in [-0.4, -0.2) is 48.0 Å². The molecular weight excluding hydrogens is 439 g/mol. The molecular formula is C22H24Cl2N4O3. The Hall–Kier alpha value is -2.32. The first-order chi connectivity index (χ1) is 15.0. The SMILES string of the molecule is COc1ccc(C2C(O)C(C(=O)NN3CCCCC3)=NN2c2ccc(Cl)cc2Cl)cc1. The van der Waals surface area contributed by atoms with Gasteiger partial charge in [0.05, 0.1) is 17.8 Å². The highest BCUT2D eigenvalue weighted by Crippen LogP contribution is 2.40. The second-order valence-corrected chi connectivity index (χ2v) is 8.42. The number of ether oxygens (including phenoxy) is 1. The molecule has 164 valence electrons. The molecule has 2 unspecified atom stereocenters. The summed E-state index contributed by atoms with van der Waals surface area (Å²) in [7, 11) is 1.59.